The lowest BCUT2D eigenvalue weighted by Crippen LogP contribution is -1.96. The van der Waals surface area contributed by atoms with Crippen molar-refractivity contribution in [2.24, 2.45) is 7.05 Å². The maximum absolute atomic E-state index is 11.1. The highest BCUT2D eigenvalue weighted by atomic mass is 16.1. The molecule has 0 aromatic carbocycles. The molecule has 15 heavy (non-hydrogen) atoms. The molecule has 4 nitrogen and oxygen atoms in total. The Kier molecular flexibility index (Phi) is 2.41. The van der Waals surface area contributed by atoms with Gasteiger partial charge in [-0.25, -0.2) is 0 Å². The minimum absolute atomic E-state index is 0.0972. The molecule has 2 rings (SSSR count). The van der Waals surface area contributed by atoms with E-state index in [1.165, 1.54) is 0 Å². The fraction of sp³-hybridized carbons (Fsp3) is 0.273. The molecule has 2 aromatic heterocycles. The summed E-state index contributed by atoms with van der Waals surface area (Å²) in [5, 5.41) is 4.09. The van der Waals surface area contributed by atoms with Crippen LogP contribution in [-0.2, 0) is 13.6 Å². The molecule has 0 unspecified atom stereocenters. The van der Waals surface area contributed by atoms with Gasteiger partial charge in [0.05, 0.1) is 12.7 Å². The van der Waals surface area contributed by atoms with E-state index in [-0.39, 0.29) is 5.78 Å². The minimum Gasteiger partial charge on any atom is -0.349 e. The van der Waals surface area contributed by atoms with Crippen LogP contribution in [0.3, 0.4) is 0 Å². The lowest BCUT2D eigenvalue weighted by molar-refractivity contribution is 0.101. The summed E-state index contributed by atoms with van der Waals surface area (Å²) < 4.78 is 3.75. The number of nitrogens with zero attached hydrogens (tertiary/aromatic N) is 3. The molecule has 4 heteroatoms. The molecule has 0 bridgehead atoms. The Hall–Kier alpha value is -1.84. The van der Waals surface area contributed by atoms with E-state index in [1.54, 1.807) is 11.6 Å². The topological polar surface area (TPSA) is 39.8 Å². The zero-order valence-corrected chi connectivity index (χ0v) is 8.84. The van der Waals surface area contributed by atoms with Gasteiger partial charge in [-0.05, 0) is 13.0 Å². The molecule has 0 saturated carbocycles. The lowest BCUT2D eigenvalue weighted by Gasteiger charge is -1.98. The number of hydrogen-bond acceptors (Lipinski definition) is 2. The van der Waals surface area contributed by atoms with Gasteiger partial charge >= 0.3 is 0 Å². The number of aryl methyl sites for hydroxylation is 1. The standard InChI is InChI=1S/C11H13N3O/c1-9(15)11-3-4-14(8-11)7-10-5-12-13(2)6-10/h3-6,8H,7H2,1-2H3. The quantitative estimate of drug-likeness (QED) is 0.709. The highest BCUT2D eigenvalue weighted by molar-refractivity contribution is 5.93. The first-order valence-corrected chi connectivity index (χ1v) is 4.79. The minimum atomic E-state index is 0.0972. The van der Waals surface area contributed by atoms with E-state index in [1.807, 2.05) is 42.5 Å². The Labute approximate surface area is 88.1 Å². The maximum Gasteiger partial charge on any atom is 0.161 e. The van der Waals surface area contributed by atoms with Crippen LogP contribution in [0.25, 0.3) is 0 Å². The Morgan fingerprint density at radius 3 is 2.80 bits per heavy atom. The van der Waals surface area contributed by atoms with E-state index < -0.39 is 0 Å². The van der Waals surface area contributed by atoms with E-state index >= 15 is 0 Å². The number of aromatic nitrogens is 3. The Balaban J connectivity index is 2.14. The summed E-state index contributed by atoms with van der Waals surface area (Å²) in [6.07, 6.45) is 7.56. The second-order valence-electron chi connectivity index (χ2n) is 3.65. The third kappa shape index (κ3) is 2.15. The lowest BCUT2D eigenvalue weighted by atomic mass is 10.2. The number of rotatable bonds is 3. The van der Waals surface area contributed by atoms with Gasteiger partial charge in [0.2, 0.25) is 0 Å². The third-order valence-electron chi connectivity index (χ3n) is 2.28. The van der Waals surface area contributed by atoms with Crippen LogP contribution >= 0.6 is 0 Å². The Morgan fingerprint density at radius 2 is 2.27 bits per heavy atom. The van der Waals surface area contributed by atoms with Gasteiger partial charge in [0.15, 0.2) is 5.78 Å². The first-order valence-electron chi connectivity index (χ1n) is 4.79. The van der Waals surface area contributed by atoms with Gasteiger partial charge < -0.3 is 4.57 Å². The summed E-state index contributed by atoms with van der Waals surface area (Å²) in [5.41, 5.74) is 1.88. The van der Waals surface area contributed by atoms with Crippen molar-refractivity contribution in [3.63, 3.8) is 0 Å². The van der Waals surface area contributed by atoms with Crippen molar-refractivity contribution < 1.29 is 4.79 Å². The molecule has 0 aliphatic rings. The highest BCUT2D eigenvalue weighted by Crippen LogP contribution is 2.06. The average Bonchev–Trinajstić information content (AvgIpc) is 2.76. The largest absolute Gasteiger partial charge is 0.349 e. The van der Waals surface area contributed by atoms with E-state index in [4.69, 9.17) is 0 Å². The SMILES string of the molecule is CC(=O)c1ccn(Cc2cnn(C)c2)c1. The van der Waals surface area contributed by atoms with Crippen molar-refractivity contribution in [1.29, 1.82) is 0 Å². The normalized spacial score (nSPS) is 10.5. The summed E-state index contributed by atoms with van der Waals surface area (Å²) in [4.78, 5) is 11.1. The molecule has 2 aromatic rings. The highest BCUT2D eigenvalue weighted by Gasteiger charge is 2.02. The second-order valence-corrected chi connectivity index (χ2v) is 3.65. The van der Waals surface area contributed by atoms with Crippen LogP contribution in [0.1, 0.15) is 22.8 Å². The molecule has 0 N–H and O–H groups in total. The van der Waals surface area contributed by atoms with Crippen LogP contribution in [0.2, 0.25) is 0 Å². The number of hydrogen-bond donors (Lipinski definition) is 0. The second kappa shape index (κ2) is 3.73. The first kappa shape index (κ1) is 9.71. The van der Waals surface area contributed by atoms with Crippen LogP contribution in [0, 0.1) is 0 Å². The van der Waals surface area contributed by atoms with Gasteiger partial charge in [-0.2, -0.15) is 5.10 Å². The summed E-state index contributed by atoms with van der Waals surface area (Å²) in [6, 6.07) is 1.83. The summed E-state index contributed by atoms with van der Waals surface area (Å²) in [7, 11) is 1.89. The van der Waals surface area contributed by atoms with Crippen molar-refractivity contribution in [2.45, 2.75) is 13.5 Å². The van der Waals surface area contributed by atoms with E-state index in [0.29, 0.717) is 0 Å². The van der Waals surface area contributed by atoms with Crippen LogP contribution in [0.5, 0.6) is 0 Å². The zero-order valence-electron chi connectivity index (χ0n) is 8.84. The third-order valence-corrected chi connectivity index (χ3v) is 2.28. The first-order chi connectivity index (χ1) is 7.15. The molecule has 0 aliphatic carbocycles. The molecule has 0 aliphatic heterocycles. The van der Waals surface area contributed by atoms with Gasteiger partial charge in [-0.1, -0.05) is 0 Å². The number of Topliss-reactive ketones (excluding diaryl/α,β-unsaturated/α-hetero) is 1. The monoisotopic (exact) mass is 203 g/mol. The zero-order chi connectivity index (χ0) is 10.8. The van der Waals surface area contributed by atoms with Crippen LogP contribution < -0.4 is 0 Å². The predicted octanol–water partition coefficient (Wildman–Crippen LogP) is 1.47. The van der Waals surface area contributed by atoms with E-state index in [2.05, 4.69) is 5.10 Å². The van der Waals surface area contributed by atoms with Gasteiger partial charge in [-0.3, -0.25) is 9.48 Å². The molecular formula is C11H13N3O. The number of carbonyl (C=O) groups excluding carboxylic acids is 1. The Bertz CT molecular complexity index is 481. The Morgan fingerprint density at radius 1 is 1.47 bits per heavy atom. The fourth-order valence-electron chi connectivity index (χ4n) is 1.51. The van der Waals surface area contributed by atoms with E-state index in [9.17, 15) is 4.79 Å². The smallest absolute Gasteiger partial charge is 0.161 e. The van der Waals surface area contributed by atoms with E-state index in [0.717, 1.165) is 17.7 Å². The van der Waals surface area contributed by atoms with Gasteiger partial charge in [0.25, 0.3) is 0 Å². The maximum atomic E-state index is 11.1. The number of ketones is 1. The van der Waals surface area contributed by atoms with Crippen LogP contribution in [0.15, 0.2) is 30.9 Å². The molecule has 0 spiro atoms. The summed E-state index contributed by atoms with van der Waals surface area (Å²) in [5.74, 6) is 0.0972. The summed E-state index contributed by atoms with van der Waals surface area (Å²) in [6.45, 7) is 2.32. The number of carbonyl (C=O) groups is 1. The molecule has 2 heterocycles. The van der Waals surface area contributed by atoms with Gasteiger partial charge in [-0.15, -0.1) is 0 Å². The van der Waals surface area contributed by atoms with Crippen molar-refractivity contribution in [2.75, 3.05) is 0 Å². The van der Waals surface area contributed by atoms with Crippen molar-refractivity contribution in [3.8, 4) is 0 Å². The predicted molar refractivity (Wildman–Crippen MR) is 56.7 cm³/mol. The molecular weight excluding hydrogens is 190 g/mol. The average molecular weight is 203 g/mol. The van der Waals surface area contributed by atoms with Gasteiger partial charge in [0, 0.05) is 36.8 Å². The fourth-order valence-corrected chi connectivity index (χ4v) is 1.51. The van der Waals surface area contributed by atoms with Crippen LogP contribution in [-0.4, -0.2) is 20.1 Å². The van der Waals surface area contributed by atoms with Crippen molar-refractivity contribution in [3.05, 3.63) is 42.0 Å². The van der Waals surface area contributed by atoms with Crippen molar-refractivity contribution in [1.82, 2.24) is 14.3 Å². The molecule has 0 saturated heterocycles. The van der Waals surface area contributed by atoms with Gasteiger partial charge in [0.1, 0.15) is 0 Å². The summed E-state index contributed by atoms with van der Waals surface area (Å²) >= 11 is 0. The molecule has 0 amide bonds. The van der Waals surface area contributed by atoms with Crippen molar-refractivity contribution >= 4 is 5.78 Å². The molecule has 0 fully saturated rings. The molecule has 0 atom stereocenters. The van der Waals surface area contributed by atoms with Crippen LogP contribution in [0.4, 0.5) is 0 Å². The molecule has 0 radical (unpaired) electrons. The molecule has 78 valence electrons.